The Balaban J connectivity index is 2.17. The van der Waals surface area contributed by atoms with Gasteiger partial charge in [0, 0.05) is 17.9 Å². The van der Waals surface area contributed by atoms with Gasteiger partial charge in [0.2, 0.25) is 0 Å². The van der Waals surface area contributed by atoms with Gasteiger partial charge in [-0.2, -0.15) is 0 Å². The van der Waals surface area contributed by atoms with E-state index >= 15 is 0 Å². The number of ether oxygens (including phenoxy) is 1. The van der Waals surface area contributed by atoms with Crippen molar-refractivity contribution < 1.29 is 9.84 Å². The van der Waals surface area contributed by atoms with Gasteiger partial charge in [0.15, 0.2) is 0 Å². The Morgan fingerprint density at radius 1 is 1.28 bits per heavy atom. The van der Waals surface area contributed by atoms with Crippen molar-refractivity contribution in [2.24, 2.45) is 0 Å². The molecular weight excluding hydrogens is 244 g/mol. The summed E-state index contributed by atoms with van der Waals surface area (Å²) in [7, 11) is 0. The van der Waals surface area contributed by atoms with Crippen LogP contribution in [0.25, 0.3) is 0 Å². The van der Waals surface area contributed by atoms with Gasteiger partial charge in [0.25, 0.3) is 0 Å². The Morgan fingerprint density at radius 3 is 2.94 bits per heavy atom. The van der Waals surface area contributed by atoms with Crippen molar-refractivity contribution in [2.75, 3.05) is 13.2 Å². The van der Waals surface area contributed by atoms with Crippen LogP contribution >= 0.6 is 11.3 Å². The van der Waals surface area contributed by atoms with Crippen molar-refractivity contribution in [1.29, 1.82) is 0 Å². The molecule has 100 valence electrons. The number of hydrogen-bond donors (Lipinski definition) is 1. The normalized spacial score (nSPS) is 10.1. The van der Waals surface area contributed by atoms with Crippen molar-refractivity contribution in [2.45, 2.75) is 45.6 Å². The summed E-state index contributed by atoms with van der Waals surface area (Å²) in [5.74, 6) is 5.96. The number of unbranched alkanes of at least 4 members (excludes halogenated alkanes) is 3. The first-order chi connectivity index (χ1) is 8.86. The fourth-order valence-electron chi connectivity index (χ4n) is 1.53. The molecule has 2 nitrogen and oxygen atoms in total. The lowest BCUT2D eigenvalue weighted by atomic mass is 10.2. The number of rotatable bonds is 8. The lowest BCUT2D eigenvalue weighted by Crippen LogP contribution is -1.93. The minimum absolute atomic E-state index is 0.131. The summed E-state index contributed by atoms with van der Waals surface area (Å²) in [6, 6.07) is 4.09. The van der Waals surface area contributed by atoms with Crippen LogP contribution in [-0.4, -0.2) is 18.3 Å². The van der Waals surface area contributed by atoms with Crippen LogP contribution in [0.5, 0.6) is 0 Å². The zero-order valence-electron chi connectivity index (χ0n) is 11.1. The minimum Gasteiger partial charge on any atom is -0.395 e. The van der Waals surface area contributed by atoms with Gasteiger partial charge in [0.05, 0.1) is 18.1 Å². The summed E-state index contributed by atoms with van der Waals surface area (Å²) in [4.78, 5) is 2.27. The molecule has 0 aliphatic heterocycles. The highest BCUT2D eigenvalue weighted by Gasteiger charge is 1.98. The molecule has 18 heavy (non-hydrogen) atoms. The molecule has 0 saturated carbocycles. The Labute approximate surface area is 114 Å². The van der Waals surface area contributed by atoms with Crippen LogP contribution in [0.3, 0.4) is 0 Å². The second-order valence-electron chi connectivity index (χ2n) is 4.15. The second kappa shape index (κ2) is 10.1. The van der Waals surface area contributed by atoms with E-state index in [0.717, 1.165) is 17.9 Å². The molecule has 1 rings (SSSR count). The largest absolute Gasteiger partial charge is 0.395 e. The van der Waals surface area contributed by atoms with E-state index in [4.69, 9.17) is 9.84 Å². The number of thiophene rings is 1. The molecule has 0 saturated heterocycles. The van der Waals surface area contributed by atoms with Crippen LogP contribution in [0.15, 0.2) is 12.1 Å². The van der Waals surface area contributed by atoms with Crippen molar-refractivity contribution in [1.82, 2.24) is 0 Å². The van der Waals surface area contributed by atoms with E-state index in [9.17, 15) is 0 Å². The monoisotopic (exact) mass is 266 g/mol. The van der Waals surface area contributed by atoms with Crippen LogP contribution in [0, 0.1) is 11.8 Å². The van der Waals surface area contributed by atoms with Crippen LogP contribution in [0.4, 0.5) is 0 Å². The highest BCUT2D eigenvalue weighted by molar-refractivity contribution is 7.12. The molecule has 0 aliphatic carbocycles. The first kappa shape index (κ1) is 15.2. The SMILES string of the molecule is CCCCCCOCc1ccc(C#CCCO)s1. The molecule has 0 amide bonds. The average molecular weight is 266 g/mol. The van der Waals surface area contributed by atoms with Crippen LogP contribution in [-0.2, 0) is 11.3 Å². The number of aliphatic hydroxyl groups is 1. The molecule has 0 fully saturated rings. The predicted octanol–water partition coefficient (Wildman–Crippen LogP) is 3.58. The maximum atomic E-state index is 8.64. The Kier molecular flexibility index (Phi) is 8.58. The van der Waals surface area contributed by atoms with Gasteiger partial charge < -0.3 is 9.84 Å². The minimum atomic E-state index is 0.131. The maximum absolute atomic E-state index is 8.64. The van der Waals surface area contributed by atoms with E-state index < -0.39 is 0 Å². The second-order valence-corrected chi connectivity index (χ2v) is 5.32. The fourth-order valence-corrected chi connectivity index (χ4v) is 2.35. The summed E-state index contributed by atoms with van der Waals surface area (Å²) < 4.78 is 5.63. The molecule has 0 atom stereocenters. The zero-order chi connectivity index (χ0) is 13.1. The third-order valence-electron chi connectivity index (χ3n) is 2.50. The van der Waals surface area contributed by atoms with Gasteiger partial charge in [-0.3, -0.25) is 0 Å². The summed E-state index contributed by atoms with van der Waals surface area (Å²) >= 11 is 1.67. The van der Waals surface area contributed by atoms with Gasteiger partial charge in [0.1, 0.15) is 0 Å². The first-order valence-electron chi connectivity index (χ1n) is 6.63. The lowest BCUT2D eigenvalue weighted by molar-refractivity contribution is 0.119. The van der Waals surface area contributed by atoms with Crippen molar-refractivity contribution in [3.63, 3.8) is 0 Å². The molecule has 1 aromatic rings. The van der Waals surface area contributed by atoms with E-state index in [1.54, 1.807) is 11.3 Å². The summed E-state index contributed by atoms with van der Waals surface area (Å²) in [5.41, 5.74) is 0. The van der Waals surface area contributed by atoms with E-state index in [1.807, 2.05) is 6.07 Å². The average Bonchev–Trinajstić information content (AvgIpc) is 2.82. The molecule has 0 aliphatic rings. The Hall–Kier alpha value is -0.820. The molecular formula is C15H22O2S. The first-order valence-corrected chi connectivity index (χ1v) is 7.44. The third kappa shape index (κ3) is 6.80. The predicted molar refractivity (Wildman–Crippen MR) is 76.7 cm³/mol. The van der Waals surface area contributed by atoms with E-state index in [1.165, 1.54) is 24.1 Å². The molecule has 0 spiro atoms. The van der Waals surface area contributed by atoms with Gasteiger partial charge in [-0.05, 0) is 18.6 Å². The Morgan fingerprint density at radius 2 is 2.17 bits per heavy atom. The summed E-state index contributed by atoms with van der Waals surface area (Å²) in [6.07, 6.45) is 5.52. The van der Waals surface area contributed by atoms with Gasteiger partial charge in [-0.15, -0.1) is 11.3 Å². The topological polar surface area (TPSA) is 29.5 Å². The van der Waals surface area contributed by atoms with Crippen LogP contribution < -0.4 is 0 Å². The smallest absolute Gasteiger partial charge is 0.0809 e. The molecule has 1 heterocycles. The van der Waals surface area contributed by atoms with Gasteiger partial charge in [-0.1, -0.05) is 38.0 Å². The molecule has 0 bridgehead atoms. The molecule has 0 aromatic carbocycles. The van der Waals surface area contributed by atoms with Crippen LogP contribution in [0.1, 0.15) is 48.8 Å². The molecule has 3 heteroatoms. The van der Waals surface area contributed by atoms with E-state index in [0.29, 0.717) is 13.0 Å². The van der Waals surface area contributed by atoms with Gasteiger partial charge in [-0.25, -0.2) is 0 Å². The Bertz CT molecular complexity index is 373. The number of aliphatic hydroxyl groups excluding tert-OH is 1. The van der Waals surface area contributed by atoms with E-state index in [2.05, 4.69) is 24.8 Å². The zero-order valence-corrected chi connectivity index (χ0v) is 11.9. The van der Waals surface area contributed by atoms with Crippen LogP contribution in [0.2, 0.25) is 0 Å². The molecule has 1 N–H and O–H groups in total. The fraction of sp³-hybridized carbons (Fsp3) is 0.600. The van der Waals surface area contributed by atoms with E-state index in [-0.39, 0.29) is 6.61 Å². The maximum Gasteiger partial charge on any atom is 0.0809 e. The number of hydrogen-bond acceptors (Lipinski definition) is 3. The highest BCUT2D eigenvalue weighted by atomic mass is 32.1. The summed E-state index contributed by atoms with van der Waals surface area (Å²) in [6.45, 7) is 3.89. The quantitative estimate of drug-likeness (QED) is 0.575. The lowest BCUT2D eigenvalue weighted by Gasteiger charge is -2.01. The summed E-state index contributed by atoms with van der Waals surface area (Å²) in [5, 5.41) is 8.64. The van der Waals surface area contributed by atoms with Crippen molar-refractivity contribution in [3.8, 4) is 11.8 Å². The molecule has 0 radical (unpaired) electrons. The molecule has 1 aromatic heterocycles. The standard InChI is InChI=1S/C15H22O2S/c1-2-3-4-7-12-17-13-15-10-9-14(18-15)8-5-6-11-16/h9-10,16H,2-4,6-7,11-13H2,1H3. The van der Waals surface area contributed by atoms with Gasteiger partial charge >= 0.3 is 0 Å². The molecule has 0 unspecified atom stereocenters. The van der Waals surface area contributed by atoms with Crippen molar-refractivity contribution >= 4 is 11.3 Å². The van der Waals surface area contributed by atoms with Crippen molar-refractivity contribution in [3.05, 3.63) is 21.9 Å². The highest BCUT2D eigenvalue weighted by Crippen LogP contribution is 2.16. The third-order valence-corrected chi connectivity index (χ3v) is 3.47.